The van der Waals surface area contributed by atoms with E-state index in [4.69, 9.17) is 0 Å². The third kappa shape index (κ3) is 3.48. The van der Waals surface area contributed by atoms with E-state index in [9.17, 15) is 14.4 Å². The Hall–Kier alpha value is -2.11. The topological polar surface area (TPSA) is 71.4 Å². The first kappa shape index (κ1) is 19.8. The van der Waals surface area contributed by atoms with E-state index in [0.717, 1.165) is 56.9 Å². The fourth-order valence-corrected chi connectivity index (χ4v) is 6.82. The van der Waals surface area contributed by atoms with Gasteiger partial charge in [0.05, 0.1) is 0 Å². The fraction of sp³-hybridized carbons (Fsp3) is 0.708. The van der Waals surface area contributed by atoms with Crippen molar-refractivity contribution < 1.29 is 9.59 Å². The number of hydrogen-bond donors (Lipinski definition) is 1. The Morgan fingerprint density at radius 1 is 0.867 bits per heavy atom. The van der Waals surface area contributed by atoms with Crippen molar-refractivity contribution in [3.8, 4) is 0 Å². The summed E-state index contributed by atoms with van der Waals surface area (Å²) in [5.74, 6) is 1.47. The number of aromatic nitrogens is 1. The molecule has 2 aliphatic heterocycles. The molecule has 2 amide bonds. The van der Waals surface area contributed by atoms with Crippen LogP contribution in [0.15, 0.2) is 17.2 Å². The average Bonchev–Trinajstić information content (AvgIpc) is 2.96. The predicted octanol–water partition coefficient (Wildman–Crippen LogP) is 3.36. The van der Waals surface area contributed by atoms with Crippen LogP contribution in [0.4, 0.5) is 0 Å². The smallest absolute Gasteiger partial charge is 0.259 e. The highest BCUT2D eigenvalue weighted by atomic mass is 16.2. The van der Waals surface area contributed by atoms with E-state index in [1.54, 1.807) is 12.4 Å². The quantitative estimate of drug-likeness (QED) is 0.829. The molecule has 30 heavy (non-hydrogen) atoms. The second kappa shape index (κ2) is 7.86. The summed E-state index contributed by atoms with van der Waals surface area (Å²) < 4.78 is 1.99. The van der Waals surface area contributed by atoms with Gasteiger partial charge < -0.3 is 14.8 Å². The zero-order valence-corrected chi connectivity index (χ0v) is 17.9. The van der Waals surface area contributed by atoms with Crippen molar-refractivity contribution in [3.05, 3.63) is 33.7 Å². The van der Waals surface area contributed by atoms with Crippen LogP contribution in [-0.2, 0) is 0 Å². The van der Waals surface area contributed by atoms with Crippen LogP contribution in [0, 0.1) is 17.8 Å². The molecule has 3 saturated carbocycles. The van der Waals surface area contributed by atoms with Crippen molar-refractivity contribution in [1.29, 1.82) is 0 Å². The second-order valence-corrected chi connectivity index (χ2v) is 10.1. The maximum atomic E-state index is 13.7. The molecule has 6 nitrogen and oxygen atoms in total. The molecule has 6 rings (SSSR count). The van der Waals surface area contributed by atoms with Gasteiger partial charge >= 0.3 is 0 Å². The van der Waals surface area contributed by atoms with E-state index in [-0.39, 0.29) is 29.1 Å². The van der Waals surface area contributed by atoms with E-state index < -0.39 is 11.3 Å². The first-order valence-electron chi connectivity index (χ1n) is 11.8. The predicted molar refractivity (Wildman–Crippen MR) is 115 cm³/mol. The number of hydrogen-bond acceptors (Lipinski definition) is 3. The first-order valence-corrected chi connectivity index (χ1v) is 11.8. The summed E-state index contributed by atoms with van der Waals surface area (Å²) in [5, 5.41) is 2.58. The molecule has 5 aliphatic rings. The summed E-state index contributed by atoms with van der Waals surface area (Å²) in [4.78, 5) is 41.4. The van der Waals surface area contributed by atoms with Gasteiger partial charge in [0.25, 0.3) is 11.8 Å². The third-order valence-corrected chi connectivity index (χ3v) is 8.11. The molecule has 4 bridgehead atoms. The molecule has 5 fully saturated rings. The average molecular weight is 412 g/mol. The molecular formula is C24H33N3O3. The normalized spacial score (nSPS) is 30.9. The van der Waals surface area contributed by atoms with Crippen LogP contribution < -0.4 is 10.7 Å². The molecule has 2 atom stereocenters. The van der Waals surface area contributed by atoms with Crippen molar-refractivity contribution in [2.24, 2.45) is 17.8 Å². The Morgan fingerprint density at radius 2 is 1.50 bits per heavy atom. The summed E-state index contributed by atoms with van der Waals surface area (Å²) >= 11 is 0. The highest BCUT2D eigenvalue weighted by molar-refractivity contribution is 5.99. The van der Waals surface area contributed by atoms with Gasteiger partial charge in [0.15, 0.2) is 0 Å². The summed E-state index contributed by atoms with van der Waals surface area (Å²) in [6, 6.07) is 0.505. The number of fused-ring (bicyclic) bond motifs is 1. The maximum absolute atomic E-state index is 13.7. The lowest BCUT2D eigenvalue weighted by Gasteiger charge is -2.39. The Kier molecular flexibility index (Phi) is 5.19. The van der Waals surface area contributed by atoms with Gasteiger partial charge in [-0.15, -0.1) is 0 Å². The SMILES string of the molecule is CNC(=O)c1cn(C2CCCCC2)cc(C(=O)N2CC3C[C@H]4CC2C[C@H](C3)C4)c1=O. The summed E-state index contributed by atoms with van der Waals surface area (Å²) in [6.45, 7) is 0.767. The van der Waals surface area contributed by atoms with Gasteiger partial charge in [0.2, 0.25) is 5.43 Å². The van der Waals surface area contributed by atoms with Gasteiger partial charge in [-0.3, -0.25) is 14.4 Å². The number of amides is 2. The molecule has 2 saturated heterocycles. The molecule has 3 aliphatic carbocycles. The Labute approximate surface area is 178 Å². The number of pyridine rings is 1. The lowest BCUT2D eigenvalue weighted by atomic mass is 9.68. The van der Waals surface area contributed by atoms with Crippen LogP contribution >= 0.6 is 0 Å². The van der Waals surface area contributed by atoms with Crippen molar-refractivity contribution in [2.45, 2.75) is 76.3 Å². The molecule has 3 heterocycles. The van der Waals surface area contributed by atoms with Crippen LogP contribution in [-0.4, -0.2) is 40.9 Å². The van der Waals surface area contributed by atoms with Crippen LogP contribution in [0.1, 0.15) is 91.0 Å². The lowest BCUT2D eigenvalue weighted by molar-refractivity contribution is 0.0630. The van der Waals surface area contributed by atoms with Crippen LogP contribution in [0.5, 0.6) is 0 Å². The van der Waals surface area contributed by atoms with E-state index >= 15 is 0 Å². The van der Waals surface area contributed by atoms with Crippen LogP contribution in [0.25, 0.3) is 0 Å². The standard InChI is InChI=1S/C24H33N3O3/c1-25-23(29)20-13-26(18-5-3-2-4-6-18)14-21(22(20)28)24(30)27-12-17-8-15-7-16(9-17)11-19(27)10-15/h13-19H,2-12H2,1H3,(H,25,29)/t15-,16-,17?,19?/m0/s1. The fourth-order valence-electron chi connectivity index (χ4n) is 6.82. The highest BCUT2D eigenvalue weighted by Crippen LogP contribution is 2.47. The van der Waals surface area contributed by atoms with Crippen molar-refractivity contribution in [2.75, 3.05) is 13.6 Å². The number of carbonyl (C=O) groups is 2. The first-order chi connectivity index (χ1) is 14.5. The van der Waals surface area contributed by atoms with Gasteiger partial charge in [-0.2, -0.15) is 0 Å². The Bertz CT molecular complexity index is 887. The van der Waals surface area contributed by atoms with Crippen molar-refractivity contribution >= 4 is 11.8 Å². The van der Waals surface area contributed by atoms with Gasteiger partial charge in [-0.1, -0.05) is 19.3 Å². The number of rotatable bonds is 3. The monoisotopic (exact) mass is 411 g/mol. The Morgan fingerprint density at radius 3 is 2.17 bits per heavy atom. The molecule has 1 N–H and O–H groups in total. The molecule has 162 valence electrons. The Balaban J connectivity index is 1.53. The van der Waals surface area contributed by atoms with Crippen molar-refractivity contribution in [3.63, 3.8) is 0 Å². The molecule has 1 aromatic heterocycles. The minimum atomic E-state index is -0.421. The third-order valence-electron chi connectivity index (χ3n) is 8.11. The van der Waals surface area contributed by atoms with Crippen molar-refractivity contribution in [1.82, 2.24) is 14.8 Å². The van der Waals surface area contributed by atoms with Gasteiger partial charge in [0.1, 0.15) is 11.1 Å². The minimum Gasteiger partial charge on any atom is -0.355 e. The number of carbonyl (C=O) groups excluding carboxylic acids is 2. The molecule has 0 unspecified atom stereocenters. The largest absolute Gasteiger partial charge is 0.355 e. The molecular weight excluding hydrogens is 378 g/mol. The zero-order valence-electron chi connectivity index (χ0n) is 17.9. The molecule has 0 radical (unpaired) electrons. The van der Waals surface area contributed by atoms with Gasteiger partial charge in [0, 0.05) is 38.1 Å². The molecule has 0 spiro atoms. The second-order valence-electron chi connectivity index (χ2n) is 10.1. The number of nitrogens with one attached hydrogen (secondary N) is 1. The lowest BCUT2D eigenvalue weighted by Crippen LogP contribution is -2.44. The van der Waals surface area contributed by atoms with E-state index in [0.29, 0.717) is 5.92 Å². The van der Waals surface area contributed by atoms with Gasteiger partial charge in [-0.25, -0.2) is 0 Å². The minimum absolute atomic E-state index is 0.0922. The summed E-state index contributed by atoms with van der Waals surface area (Å²) in [6.07, 6.45) is 14.9. The van der Waals surface area contributed by atoms with E-state index in [1.807, 2.05) is 9.47 Å². The molecule has 6 heteroatoms. The summed E-state index contributed by atoms with van der Waals surface area (Å²) in [5.41, 5.74) is -0.146. The van der Waals surface area contributed by atoms with Crippen LogP contribution in [0.2, 0.25) is 0 Å². The van der Waals surface area contributed by atoms with Gasteiger partial charge in [-0.05, 0) is 62.7 Å². The highest BCUT2D eigenvalue weighted by Gasteiger charge is 2.44. The zero-order chi connectivity index (χ0) is 20.8. The molecule has 1 aromatic rings. The van der Waals surface area contributed by atoms with E-state index in [1.165, 1.54) is 32.7 Å². The van der Waals surface area contributed by atoms with E-state index in [2.05, 4.69) is 5.32 Å². The van der Waals surface area contributed by atoms with Crippen LogP contribution in [0.3, 0.4) is 0 Å². The summed E-state index contributed by atoms with van der Waals surface area (Å²) in [7, 11) is 1.53. The maximum Gasteiger partial charge on any atom is 0.259 e. The molecule has 0 aromatic carbocycles. The number of nitrogens with zero attached hydrogens (tertiary/aromatic N) is 2.